The summed E-state index contributed by atoms with van der Waals surface area (Å²) in [5, 5.41) is 61.5. The number of carboxylic acid groups (broad SMARTS) is 1. The van der Waals surface area contributed by atoms with Crippen molar-refractivity contribution in [1.29, 1.82) is 0 Å². The summed E-state index contributed by atoms with van der Waals surface area (Å²) in [6.07, 6.45) is -7.71. The first-order valence-corrected chi connectivity index (χ1v) is 6.91. The number of carbonyl (C=O) groups excluding carboxylic acids is 2. The molecule has 0 radical (unpaired) electrons. The quantitative estimate of drug-likeness (QED) is 0.195. The maximum Gasteiger partial charge on any atom is 0.364 e. The zero-order valence-corrected chi connectivity index (χ0v) is 12.4. The molecule has 1 heterocycles. The predicted octanol–water partition coefficient (Wildman–Crippen LogP) is -5.15. The van der Waals surface area contributed by atoms with Crippen LogP contribution in [0.1, 0.15) is 6.42 Å². The van der Waals surface area contributed by atoms with E-state index < -0.39 is 67.7 Å². The highest BCUT2D eigenvalue weighted by Gasteiger charge is 2.53. The van der Waals surface area contributed by atoms with Crippen LogP contribution in [0.3, 0.4) is 0 Å². The average Bonchev–Trinajstić information content (AvgIpc) is 2.53. The Balaban J connectivity index is 3.02. The molecule has 0 aromatic carbocycles. The van der Waals surface area contributed by atoms with E-state index in [9.17, 15) is 34.8 Å². The minimum Gasteiger partial charge on any atom is -0.477 e. The number of carboxylic acids is 1. The monoisotopic (exact) mass is 352 g/mol. The van der Waals surface area contributed by atoms with E-state index in [1.165, 1.54) is 0 Å². The molecule has 0 spiro atoms. The Morgan fingerprint density at radius 2 is 2.00 bits per heavy atom. The molecule has 2 amide bonds. The van der Waals surface area contributed by atoms with Crippen molar-refractivity contribution in [3.63, 3.8) is 0 Å². The van der Waals surface area contributed by atoms with Crippen LogP contribution < -0.4 is 10.6 Å². The number of aliphatic hydroxyl groups is 5. The molecule has 12 heteroatoms. The summed E-state index contributed by atoms with van der Waals surface area (Å²) in [6, 6.07) is -1.42. The lowest BCUT2D eigenvalue weighted by atomic mass is 9.88. The number of amides is 2. The number of aliphatic carboxylic acids is 1. The molecule has 12 nitrogen and oxygen atoms in total. The van der Waals surface area contributed by atoms with Crippen LogP contribution in [0.2, 0.25) is 0 Å². The Kier molecular flexibility index (Phi) is 7.01. The molecular formula is C12H20N2O10. The predicted molar refractivity (Wildman–Crippen MR) is 73.2 cm³/mol. The molecular weight excluding hydrogens is 332 g/mol. The molecule has 0 saturated carbocycles. The number of carbonyl (C=O) groups is 3. The van der Waals surface area contributed by atoms with Crippen LogP contribution in [-0.2, 0) is 19.1 Å². The molecule has 8 N–H and O–H groups in total. The van der Waals surface area contributed by atoms with E-state index in [1.807, 2.05) is 0 Å². The number of hydrogen-bond acceptors (Lipinski definition) is 9. The fourth-order valence-corrected chi connectivity index (χ4v) is 2.27. The first-order valence-electron chi connectivity index (χ1n) is 6.91. The summed E-state index contributed by atoms with van der Waals surface area (Å²) in [6.45, 7) is -1.39. The van der Waals surface area contributed by atoms with Gasteiger partial charge in [-0.05, 0) is 0 Å². The second kappa shape index (κ2) is 8.32. The zero-order chi connectivity index (χ0) is 18.5. The van der Waals surface area contributed by atoms with Crippen molar-refractivity contribution in [2.45, 2.75) is 42.7 Å². The van der Waals surface area contributed by atoms with E-state index in [-0.39, 0.29) is 6.41 Å². The van der Waals surface area contributed by atoms with Crippen LogP contribution in [0, 0.1) is 0 Å². The van der Waals surface area contributed by atoms with Crippen LogP contribution in [0.4, 0.5) is 0 Å². The third kappa shape index (κ3) is 4.59. The lowest BCUT2D eigenvalue weighted by molar-refractivity contribution is -0.295. The molecule has 1 rings (SSSR count). The van der Waals surface area contributed by atoms with Gasteiger partial charge in [0, 0.05) is 6.42 Å². The van der Waals surface area contributed by atoms with Crippen molar-refractivity contribution in [2.75, 3.05) is 13.2 Å². The summed E-state index contributed by atoms with van der Waals surface area (Å²) in [5.41, 5.74) is 0. The summed E-state index contributed by atoms with van der Waals surface area (Å²) >= 11 is 0. The fraction of sp³-hybridized carbons (Fsp3) is 0.750. The van der Waals surface area contributed by atoms with E-state index in [4.69, 9.17) is 14.9 Å². The van der Waals surface area contributed by atoms with Gasteiger partial charge >= 0.3 is 5.97 Å². The second-order valence-electron chi connectivity index (χ2n) is 5.28. The van der Waals surface area contributed by atoms with Gasteiger partial charge < -0.3 is 46.0 Å². The van der Waals surface area contributed by atoms with E-state index in [1.54, 1.807) is 0 Å². The number of rotatable bonds is 8. The van der Waals surface area contributed by atoms with Crippen molar-refractivity contribution in [1.82, 2.24) is 10.6 Å². The molecule has 24 heavy (non-hydrogen) atoms. The van der Waals surface area contributed by atoms with Gasteiger partial charge in [-0.15, -0.1) is 0 Å². The Morgan fingerprint density at radius 1 is 1.38 bits per heavy atom. The Labute approximate surface area is 135 Å². The van der Waals surface area contributed by atoms with Gasteiger partial charge in [0.25, 0.3) is 5.79 Å². The summed E-state index contributed by atoms with van der Waals surface area (Å²) in [4.78, 5) is 32.9. The van der Waals surface area contributed by atoms with Gasteiger partial charge in [-0.2, -0.15) is 0 Å². The van der Waals surface area contributed by atoms with E-state index in [2.05, 4.69) is 10.6 Å². The lowest BCUT2D eigenvalue weighted by Gasteiger charge is -2.44. The molecule has 2 unspecified atom stereocenters. The Bertz CT molecular complexity index is 475. The molecule has 1 aliphatic heterocycles. The van der Waals surface area contributed by atoms with Crippen LogP contribution >= 0.6 is 0 Å². The fourth-order valence-electron chi connectivity index (χ4n) is 2.27. The third-order valence-electron chi connectivity index (χ3n) is 3.51. The number of nitrogens with one attached hydrogen (secondary N) is 2. The standard InChI is InChI=1S/C12H20N2O10/c15-3-6(18)9(20)10-8(14-7(19)2-13-4-16)5(17)1-12(23,24-10)11(21)22/h4-6,8-10,15,17-18,20,23H,1-3H2,(H,13,16)(H,14,19)(H,21,22)/t5-,6+,8+,9+,10?,12?/m0/s1. The highest BCUT2D eigenvalue weighted by atomic mass is 16.7. The highest BCUT2D eigenvalue weighted by molar-refractivity contribution is 5.80. The minimum atomic E-state index is -2.86. The van der Waals surface area contributed by atoms with Crippen LogP contribution in [0.5, 0.6) is 0 Å². The molecule has 1 saturated heterocycles. The highest BCUT2D eigenvalue weighted by Crippen LogP contribution is 2.30. The Hall–Kier alpha value is -1.83. The van der Waals surface area contributed by atoms with Crippen LogP contribution in [-0.4, -0.2) is 98.3 Å². The molecule has 0 aromatic rings. The minimum absolute atomic E-state index is 0.248. The second-order valence-corrected chi connectivity index (χ2v) is 5.28. The van der Waals surface area contributed by atoms with E-state index in [0.29, 0.717) is 0 Å². The molecule has 0 aliphatic carbocycles. The first kappa shape index (κ1) is 20.2. The number of ether oxygens (including phenoxy) is 1. The molecule has 138 valence electrons. The van der Waals surface area contributed by atoms with Gasteiger partial charge in [-0.3, -0.25) is 9.59 Å². The normalized spacial score (nSPS) is 32.5. The Morgan fingerprint density at radius 3 is 2.50 bits per heavy atom. The number of hydrogen-bond donors (Lipinski definition) is 8. The van der Waals surface area contributed by atoms with Crippen molar-refractivity contribution < 1.29 is 49.8 Å². The van der Waals surface area contributed by atoms with Crippen molar-refractivity contribution in [2.24, 2.45) is 0 Å². The zero-order valence-electron chi connectivity index (χ0n) is 12.4. The molecule has 0 bridgehead atoms. The van der Waals surface area contributed by atoms with Gasteiger partial charge in [0.05, 0.1) is 25.3 Å². The van der Waals surface area contributed by atoms with Gasteiger partial charge in [0.1, 0.15) is 18.3 Å². The van der Waals surface area contributed by atoms with Crippen LogP contribution in [0.15, 0.2) is 0 Å². The van der Waals surface area contributed by atoms with E-state index >= 15 is 0 Å². The molecule has 0 aromatic heterocycles. The van der Waals surface area contributed by atoms with Crippen molar-refractivity contribution >= 4 is 18.3 Å². The van der Waals surface area contributed by atoms with Gasteiger partial charge in [0.2, 0.25) is 12.3 Å². The molecule has 1 aliphatic rings. The van der Waals surface area contributed by atoms with E-state index in [0.717, 1.165) is 0 Å². The van der Waals surface area contributed by atoms with Gasteiger partial charge in [0.15, 0.2) is 0 Å². The van der Waals surface area contributed by atoms with Gasteiger partial charge in [-0.25, -0.2) is 4.79 Å². The summed E-state index contributed by atoms with van der Waals surface area (Å²) < 4.78 is 4.88. The van der Waals surface area contributed by atoms with Crippen LogP contribution in [0.25, 0.3) is 0 Å². The maximum absolute atomic E-state index is 11.6. The number of aliphatic hydroxyl groups excluding tert-OH is 4. The summed E-state index contributed by atoms with van der Waals surface area (Å²) in [7, 11) is 0. The van der Waals surface area contributed by atoms with Crippen molar-refractivity contribution in [3.8, 4) is 0 Å². The molecule has 1 fully saturated rings. The van der Waals surface area contributed by atoms with Crippen molar-refractivity contribution in [3.05, 3.63) is 0 Å². The SMILES string of the molecule is O=CNCC(=O)N[C@H]1C([C@H](O)[C@H](O)CO)OC(O)(C(=O)O)C[C@@H]1O. The first-order chi connectivity index (χ1) is 11.2. The topological polar surface area (TPSA) is 206 Å². The smallest absolute Gasteiger partial charge is 0.364 e. The van der Waals surface area contributed by atoms with Gasteiger partial charge in [-0.1, -0.05) is 0 Å². The summed E-state index contributed by atoms with van der Waals surface area (Å²) in [5.74, 6) is -5.50. The average molecular weight is 352 g/mol. The third-order valence-corrected chi connectivity index (χ3v) is 3.51. The largest absolute Gasteiger partial charge is 0.477 e. The maximum atomic E-state index is 11.6. The molecule has 6 atom stereocenters. The lowest BCUT2D eigenvalue weighted by Crippen LogP contribution is -2.67.